The molecule has 0 saturated carbocycles. The van der Waals surface area contributed by atoms with Crippen LogP contribution in [0.1, 0.15) is 79.2 Å². The molecule has 2 aliphatic carbocycles. The number of benzene rings is 2. The number of allylic oxidation sites excluding steroid dienone is 4. The molecule has 2 aliphatic rings. The predicted molar refractivity (Wildman–Crippen MR) is 167 cm³/mol. The van der Waals surface area contributed by atoms with E-state index < -0.39 is 23.5 Å². The number of aromatic nitrogens is 1. The Labute approximate surface area is 260 Å². The van der Waals surface area contributed by atoms with Gasteiger partial charge in [-0.25, -0.2) is 9.37 Å². The topological polar surface area (TPSA) is 24.9 Å². The molecule has 0 radical (unpaired) electrons. The van der Waals surface area contributed by atoms with Crippen LogP contribution in [0.3, 0.4) is 0 Å². The molecule has 0 amide bonds. The minimum Gasteiger partial charge on any atom is -0.384 e. The van der Waals surface area contributed by atoms with Crippen molar-refractivity contribution in [3.8, 4) is 0 Å². The van der Waals surface area contributed by atoms with Crippen LogP contribution in [0.2, 0.25) is 5.02 Å². The van der Waals surface area contributed by atoms with Crippen molar-refractivity contribution in [3.05, 3.63) is 123 Å². The van der Waals surface area contributed by atoms with Gasteiger partial charge in [0.05, 0.1) is 5.56 Å². The minimum atomic E-state index is -4.66. The highest BCUT2D eigenvalue weighted by atomic mass is 35.5. The van der Waals surface area contributed by atoms with E-state index in [1.165, 1.54) is 18.3 Å². The number of halogens is 6. The molecule has 2 unspecified atom stereocenters. The summed E-state index contributed by atoms with van der Waals surface area (Å²) in [6, 6.07) is 12.6. The van der Waals surface area contributed by atoms with Crippen LogP contribution < -0.4 is 5.32 Å². The van der Waals surface area contributed by atoms with Gasteiger partial charge in [0.25, 0.3) is 0 Å². The van der Waals surface area contributed by atoms with Crippen molar-refractivity contribution in [2.45, 2.75) is 70.5 Å². The average Bonchev–Trinajstić information content (AvgIpc) is 2.96. The van der Waals surface area contributed by atoms with Crippen LogP contribution in [-0.2, 0) is 19.1 Å². The molecule has 1 N–H and O–H groups in total. The molecule has 8 heteroatoms. The Bertz CT molecular complexity index is 1540. The summed E-state index contributed by atoms with van der Waals surface area (Å²) in [4.78, 5) is 3.59. The second kappa shape index (κ2) is 14.1. The molecular weight excluding hydrogens is 591 g/mol. The molecular formula is C36H36ClF5N2. The van der Waals surface area contributed by atoms with Gasteiger partial charge in [-0.3, -0.25) is 0 Å². The lowest BCUT2D eigenvalue weighted by molar-refractivity contribution is -0.138. The third-order valence-electron chi connectivity index (χ3n) is 8.82. The number of nitrogens with zero attached hydrogens (tertiary/aromatic N) is 1. The maximum Gasteiger partial charge on any atom is 0.417 e. The molecule has 3 aromatic rings. The Kier molecular flexibility index (Phi) is 10.2. The first-order valence-corrected chi connectivity index (χ1v) is 15.5. The first kappa shape index (κ1) is 32.0. The quantitative estimate of drug-likeness (QED) is 0.208. The van der Waals surface area contributed by atoms with Crippen LogP contribution >= 0.6 is 11.6 Å². The molecule has 2 aromatic carbocycles. The number of rotatable bonds is 7. The highest BCUT2D eigenvalue weighted by molar-refractivity contribution is 6.30. The van der Waals surface area contributed by atoms with Crippen LogP contribution in [0.5, 0.6) is 0 Å². The molecule has 0 aliphatic heterocycles. The summed E-state index contributed by atoms with van der Waals surface area (Å²) in [5.74, 6) is -1.11. The number of hydrogen-bond acceptors (Lipinski definition) is 2. The molecule has 2 nitrogen and oxygen atoms in total. The van der Waals surface area contributed by atoms with Gasteiger partial charge in [0.15, 0.2) is 0 Å². The molecule has 5 rings (SSSR count). The normalized spacial score (nSPS) is 19.4. The van der Waals surface area contributed by atoms with Crippen LogP contribution in [-0.4, -0.2) is 4.98 Å². The molecule has 1 aromatic heterocycles. The zero-order valence-electron chi connectivity index (χ0n) is 24.5. The fraction of sp³-hybridized carbons (Fsp3) is 0.361. The Hall–Kier alpha value is -3.45. The molecule has 2 atom stereocenters. The van der Waals surface area contributed by atoms with Gasteiger partial charge in [-0.2, -0.15) is 17.6 Å². The standard InChI is InChI=1S/C36H36ClF5N2/c1-23(44-22-26-16-17-43-34(39)18-26)27-12-13-29-20-31(38)21-33(36(40,41)42)35(29)32-7-3-6-24(8-11-28(32)19-27)4-2-5-25-9-14-30(37)15-10-25/h2,5,9-10,14-18,20-21,24,27,44H,1,3-4,6-8,11-13,19,22H2/b5-2+,32-28?. The maximum atomic E-state index is 14.6. The number of aryl methyl sites for hydroxylation is 1. The predicted octanol–water partition coefficient (Wildman–Crippen LogP) is 10.7. The van der Waals surface area contributed by atoms with Gasteiger partial charge in [0.1, 0.15) is 5.82 Å². The maximum absolute atomic E-state index is 14.6. The van der Waals surface area contributed by atoms with Crippen LogP contribution in [0.25, 0.3) is 11.6 Å². The van der Waals surface area contributed by atoms with E-state index in [0.29, 0.717) is 66.8 Å². The summed E-state index contributed by atoms with van der Waals surface area (Å²) < 4.78 is 71.2. The van der Waals surface area contributed by atoms with E-state index in [4.69, 9.17) is 11.6 Å². The number of alkyl halides is 3. The fourth-order valence-electron chi connectivity index (χ4n) is 6.53. The molecule has 0 fully saturated rings. The lowest BCUT2D eigenvalue weighted by Gasteiger charge is -2.32. The van der Waals surface area contributed by atoms with Gasteiger partial charge in [-0.05, 0) is 128 Å². The van der Waals surface area contributed by atoms with Gasteiger partial charge >= 0.3 is 6.18 Å². The van der Waals surface area contributed by atoms with Gasteiger partial charge in [-0.15, -0.1) is 0 Å². The minimum absolute atomic E-state index is 0.0693. The fourth-order valence-corrected chi connectivity index (χ4v) is 6.66. The van der Waals surface area contributed by atoms with Crippen molar-refractivity contribution in [1.29, 1.82) is 0 Å². The third-order valence-corrected chi connectivity index (χ3v) is 9.07. The summed E-state index contributed by atoms with van der Waals surface area (Å²) in [7, 11) is 0. The summed E-state index contributed by atoms with van der Waals surface area (Å²) in [6.07, 6.45) is 6.96. The summed E-state index contributed by atoms with van der Waals surface area (Å²) >= 11 is 6.00. The SMILES string of the molecule is C=C(NCc1ccnc(F)c1)C1CCc2cc(F)cc(C(F)(F)F)c2C2=C(CCC(C/C=C/c3ccc(Cl)cc3)CCC2)C1. The first-order valence-electron chi connectivity index (χ1n) is 15.1. The smallest absolute Gasteiger partial charge is 0.384 e. The zero-order valence-corrected chi connectivity index (χ0v) is 25.3. The van der Waals surface area contributed by atoms with Crippen molar-refractivity contribution < 1.29 is 22.0 Å². The van der Waals surface area contributed by atoms with E-state index in [1.54, 1.807) is 6.07 Å². The van der Waals surface area contributed by atoms with Crippen molar-refractivity contribution >= 4 is 23.3 Å². The second-order valence-electron chi connectivity index (χ2n) is 11.9. The molecule has 232 valence electrons. The number of fused-ring (bicyclic) bond motifs is 2. The van der Waals surface area contributed by atoms with E-state index in [-0.39, 0.29) is 11.5 Å². The average molecular weight is 627 g/mol. The van der Waals surface area contributed by atoms with Crippen LogP contribution in [0, 0.1) is 23.6 Å². The summed E-state index contributed by atoms with van der Waals surface area (Å²) in [5.41, 5.74) is 3.95. The number of nitrogens with one attached hydrogen (secondary N) is 1. The van der Waals surface area contributed by atoms with Gasteiger partial charge in [0, 0.05) is 29.4 Å². The van der Waals surface area contributed by atoms with Crippen molar-refractivity contribution in [2.24, 2.45) is 11.8 Å². The highest BCUT2D eigenvalue weighted by Crippen LogP contribution is 2.46. The van der Waals surface area contributed by atoms with Crippen molar-refractivity contribution in [1.82, 2.24) is 10.3 Å². The Morgan fingerprint density at radius 1 is 1.00 bits per heavy atom. The molecule has 0 spiro atoms. The summed E-state index contributed by atoms with van der Waals surface area (Å²) in [6.45, 7) is 4.63. The number of hydrogen-bond donors (Lipinski definition) is 1. The Balaban J connectivity index is 1.41. The monoisotopic (exact) mass is 626 g/mol. The van der Waals surface area contributed by atoms with E-state index >= 15 is 0 Å². The number of pyridine rings is 1. The first-order chi connectivity index (χ1) is 21.1. The van der Waals surface area contributed by atoms with Crippen molar-refractivity contribution in [3.63, 3.8) is 0 Å². The van der Waals surface area contributed by atoms with E-state index in [2.05, 4.69) is 29.0 Å². The van der Waals surface area contributed by atoms with Gasteiger partial charge in [-0.1, -0.05) is 48.0 Å². The van der Waals surface area contributed by atoms with Crippen LogP contribution in [0.4, 0.5) is 22.0 Å². The zero-order chi connectivity index (χ0) is 31.3. The second-order valence-corrected chi connectivity index (χ2v) is 12.3. The lowest BCUT2D eigenvalue weighted by Crippen LogP contribution is -2.23. The largest absolute Gasteiger partial charge is 0.417 e. The molecule has 44 heavy (non-hydrogen) atoms. The van der Waals surface area contributed by atoms with E-state index in [0.717, 1.165) is 48.1 Å². The Morgan fingerprint density at radius 2 is 1.80 bits per heavy atom. The summed E-state index contributed by atoms with van der Waals surface area (Å²) in [5, 5.41) is 4.00. The molecule has 1 heterocycles. The lowest BCUT2D eigenvalue weighted by atomic mass is 9.75. The van der Waals surface area contributed by atoms with Crippen molar-refractivity contribution in [2.75, 3.05) is 0 Å². The Morgan fingerprint density at radius 3 is 2.55 bits per heavy atom. The van der Waals surface area contributed by atoms with Crippen LogP contribution in [0.15, 0.2) is 78.7 Å². The molecule has 0 bridgehead atoms. The van der Waals surface area contributed by atoms with E-state index in [9.17, 15) is 22.0 Å². The van der Waals surface area contributed by atoms with Gasteiger partial charge in [0.2, 0.25) is 5.95 Å². The highest BCUT2D eigenvalue weighted by Gasteiger charge is 2.37. The molecule has 0 saturated heterocycles. The third kappa shape index (κ3) is 8.17. The van der Waals surface area contributed by atoms with Gasteiger partial charge < -0.3 is 5.32 Å². The van der Waals surface area contributed by atoms with E-state index in [1.807, 2.05) is 24.3 Å².